The maximum Gasteiger partial charge on any atom is 0.257 e. The van der Waals surface area contributed by atoms with Gasteiger partial charge in [0.2, 0.25) is 5.91 Å². The van der Waals surface area contributed by atoms with Crippen molar-refractivity contribution in [3.63, 3.8) is 0 Å². The monoisotopic (exact) mass is 341 g/mol. The third-order valence-electron chi connectivity index (χ3n) is 5.35. The van der Waals surface area contributed by atoms with Crippen LogP contribution in [0.1, 0.15) is 29.3 Å². The molecule has 1 saturated heterocycles. The van der Waals surface area contributed by atoms with Crippen LogP contribution in [0, 0.1) is 0 Å². The van der Waals surface area contributed by atoms with Crippen molar-refractivity contribution in [1.29, 1.82) is 0 Å². The summed E-state index contributed by atoms with van der Waals surface area (Å²) in [6.45, 7) is 5.64. The third kappa shape index (κ3) is 2.59. The number of H-pyrrole nitrogens is 1. The predicted octanol–water partition coefficient (Wildman–Crippen LogP) is 1.07. The van der Waals surface area contributed by atoms with Crippen molar-refractivity contribution in [1.82, 2.24) is 24.7 Å². The van der Waals surface area contributed by atoms with Gasteiger partial charge in [0, 0.05) is 50.5 Å². The van der Waals surface area contributed by atoms with Gasteiger partial charge in [0.05, 0.1) is 5.56 Å². The van der Waals surface area contributed by atoms with E-state index in [1.165, 1.54) is 0 Å². The number of pyridine rings is 1. The largest absolute Gasteiger partial charge is 0.345 e. The number of carbonyl (C=O) groups is 2. The Bertz CT molecular complexity index is 822. The van der Waals surface area contributed by atoms with E-state index in [4.69, 9.17) is 0 Å². The molecule has 0 radical (unpaired) electrons. The quantitative estimate of drug-likeness (QED) is 0.906. The van der Waals surface area contributed by atoms with E-state index in [-0.39, 0.29) is 11.8 Å². The number of nitrogens with zero attached hydrogens (tertiary/aromatic N) is 4. The van der Waals surface area contributed by atoms with Crippen LogP contribution in [-0.2, 0) is 11.3 Å². The Hall–Kier alpha value is -2.41. The van der Waals surface area contributed by atoms with Crippen molar-refractivity contribution in [3.8, 4) is 0 Å². The van der Waals surface area contributed by atoms with E-state index in [1.807, 2.05) is 17.9 Å². The van der Waals surface area contributed by atoms with Crippen LogP contribution in [0.5, 0.6) is 0 Å². The van der Waals surface area contributed by atoms with E-state index < -0.39 is 6.04 Å². The molecule has 25 heavy (non-hydrogen) atoms. The first-order valence-electron chi connectivity index (χ1n) is 8.83. The minimum absolute atomic E-state index is 0.0632. The summed E-state index contributed by atoms with van der Waals surface area (Å²) < 4.78 is 0. The van der Waals surface area contributed by atoms with E-state index in [2.05, 4.69) is 21.9 Å². The van der Waals surface area contributed by atoms with Crippen LogP contribution in [0.4, 0.5) is 0 Å². The first-order valence-corrected chi connectivity index (χ1v) is 8.83. The van der Waals surface area contributed by atoms with Gasteiger partial charge in [-0.2, -0.15) is 0 Å². The molecular formula is C18H23N5O2. The highest BCUT2D eigenvalue weighted by atomic mass is 16.2. The summed E-state index contributed by atoms with van der Waals surface area (Å²) >= 11 is 0. The van der Waals surface area contributed by atoms with Gasteiger partial charge in [0.1, 0.15) is 11.7 Å². The molecule has 4 rings (SSSR count). The predicted molar refractivity (Wildman–Crippen MR) is 94.1 cm³/mol. The molecule has 1 N–H and O–H groups in total. The molecule has 4 heterocycles. The Morgan fingerprint density at radius 3 is 2.80 bits per heavy atom. The van der Waals surface area contributed by atoms with Crippen molar-refractivity contribution in [2.24, 2.45) is 0 Å². The summed E-state index contributed by atoms with van der Waals surface area (Å²) in [6, 6.07) is 1.52. The van der Waals surface area contributed by atoms with Crippen LogP contribution in [0.25, 0.3) is 11.0 Å². The van der Waals surface area contributed by atoms with Gasteiger partial charge in [-0.05, 0) is 25.1 Å². The number of hydrogen-bond acceptors (Lipinski definition) is 4. The van der Waals surface area contributed by atoms with Crippen molar-refractivity contribution in [2.45, 2.75) is 25.9 Å². The minimum atomic E-state index is -0.415. The first-order chi connectivity index (χ1) is 12.1. The van der Waals surface area contributed by atoms with E-state index in [9.17, 15) is 9.59 Å². The molecule has 2 aromatic rings. The Labute approximate surface area is 146 Å². The average molecular weight is 341 g/mol. The number of amides is 2. The highest BCUT2D eigenvalue weighted by molar-refractivity contribution is 6.10. The van der Waals surface area contributed by atoms with Gasteiger partial charge in [-0.15, -0.1) is 0 Å². The van der Waals surface area contributed by atoms with Gasteiger partial charge in [-0.25, -0.2) is 4.98 Å². The molecule has 0 aliphatic carbocycles. The number of rotatable bonds is 3. The lowest BCUT2D eigenvalue weighted by molar-refractivity contribution is -0.138. The number of aromatic nitrogens is 2. The fraction of sp³-hybridized carbons (Fsp3) is 0.500. The normalized spacial score (nSPS) is 19.5. The van der Waals surface area contributed by atoms with Crippen molar-refractivity contribution >= 4 is 22.8 Å². The SMILES string of the molecule is CC[C@H](C(=O)N1CCN(C)CC1)N1Cc2ccnc3[nH]cc(c23)C1=O. The number of piperazine rings is 1. The Morgan fingerprint density at radius 2 is 2.08 bits per heavy atom. The number of aromatic amines is 1. The zero-order valence-corrected chi connectivity index (χ0v) is 14.7. The molecule has 0 aromatic carbocycles. The second kappa shape index (κ2) is 6.15. The van der Waals surface area contributed by atoms with Crippen LogP contribution in [0.15, 0.2) is 18.5 Å². The van der Waals surface area contributed by atoms with E-state index in [0.29, 0.717) is 18.5 Å². The molecule has 7 heteroatoms. The van der Waals surface area contributed by atoms with Crippen LogP contribution >= 0.6 is 0 Å². The summed E-state index contributed by atoms with van der Waals surface area (Å²) in [7, 11) is 2.06. The van der Waals surface area contributed by atoms with Crippen LogP contribution in [0.3, 0.4) is 0 Å². The molecule has 2 aliphatic heterocycles. The average Bonchev–Trinajstić information content (AvgIpc) is 3.06. The molecule has 0 spiro atoms. The number of likely N-dealkylation sites (N-methyl/N-ethyl adjacent to an activating group) is 1. The second-order valence-electron chi connectivity index (χ2n) is 6.88. The topological polar surface area (TPSA) is 72.5 Å². The summed E-state index contributed by atoms with van der Waals surface area (Å²) in [5.41, 5.74) is 2.40. The van der Waals surface area contributed by atoms with Gasteiger partial charge >= 0.3 is 0 Å². The highest BCUT2D eigenvalue weighted by Crippen LogP contribution is 2.30. The lowest BCUT2D eigenvalue weighted by Crippen LogP contribution is -2.55. The summed E-state index contributed by atoms with van der Waals surface area (Å²) in [5, 5.41) is 0.894. The highest BCUT2D eigenvalue weighted by Gasteiger charge is 2.37. The maximum atomic E-state index is 13.1. The van der Waals surface area contributed by atoms with Gasteiger partial charge in [-0.1, -0.05) is 6.92 Å². The molecule has 2 amide bonds. The standard InChI is InChI=1S/C18H23N5O2/c1-3-14(18(25)22-8-6-21(2)7-9-22)23-11-12-4-5-19-16-15(12)13(10-20-16)17(23)24/h4-5,10,14H,3,6-9,11H2,1-2H3,(H,19,20)/t14-/m1/s1. The van der Waals surface area contributed by atoms with E-state index in [1.54, 1.807) is 17.3 Å². The van der Waals surface area contributed by atoms with Gasteiger partial charge in [0.15, 0.2) is 0 Å². The number of hydrogen-bond donors (Lipinski definition) is 1. The molecule has 1 fully saturated rings. The maximum absolute atomic E-state index is 13.1. The Kier molecular flexibility index (Phi) is 3.95. The Morgan fingerprint density at radius 1 is 1.32 bits per heavy atom. The lowest BCUT2D eigenvalue weighted by atomic mass is 9.99. The van der Waals surface area contributed by atoms with Crippen LogP contribution in [0.2, 0.25) is 0 Å². The zero-order chi connectivity index (χ0) is 17.6. The molecule has 132 valence electrons. The van der Waals surface area contributed by atoms with Gasteiger partial charge < -0.3 is 19.7 Å². The summed E-state index contributed by atoms with van der Waals surface area (Å²) in [5.74, 6) is -0.0192. The molecule has 2 aromatic heterocycles. The summed E-state index contributed by atoms with van der Waals surface area (Å²) in [6.07, 6.45) is 4.07. The zero-order valence-electron chi connectivity index (χ0n) is 14.7. The van der Waals surface area contributed by atoms with Crippen molar-refractivity contribution in [2.75, 3.05) is 33.2 Å². The minimum Gasteiger partial charge on any atom is -0.345 e. The molecule has 0 unspecified atom stereocenters. The fourth-order valence-electron chi connectivity index (χ4n) is 3.85. The van der Waals surface area contributed by atoms with Crippen molar-refractivity contribution in [3.05, 3.63) is 29.6 Å². The number of carbonyl (C=O) groups excluding carboxylic acids is 2. The van der Waals surface area contributed by atoms with Crippen LogP contribution in [-0.4, -0.2) is 75.8 Å². The molecule has 1 atom stereocenters. The molecular weight excluding hydrogens is 318 g/mol. The lowest BCUT2D eigenvalue weighted by Gasteiger charge is -2.39. The fourth-order valence-corrected chi connectivity index (χ4v) is 3.85. The smallest absolute Gasteiger partial charge is 0.257 e. The van der Waals surface area contributed by atoms with E-state index in [0.717, 1.165) is 42.8 Å². The second-order valence-corrected chi connectivity index (χ2v) is 6.88. The molecule has 0 saturated carbocycles. The third-order valence-corrected chi connectivity index (χ3v) is 5.35. The van der Waals surface area contributed by atoms with Gasteiger partial charge in [0.25, 0.3) is 5.91 Å². The van der Waals surface area contributed by atoms with E-state index >= 15 is 0 Å². The number of nitrogens with one attached hydrogen (secondary N) is 1. The molecule has 2 aliphatic rings. The first kappa shape index (κ1) is 16.1. The molecule has 7 nitrogen and oxygen atoms in total. The Balaban J connectivity index is 1.62. The summed E-state index contributed by atoms with van der Waals surface area (Å²) in [4.78, 5) is 39.3. The van der Waals surface area contributed by atoms with Gasteiger partial charge in [-0.3, -0.25) is 9.59 Å². The molecule has 0 bridgehead atoms. The van der Waals surface area contributed by atoms with Crippen molar-refractivity contribution < 1.29 is 9.59 Å². The van der Waals surface area contributed by atoms with Crippen LogP contribution < -0.4 is 0 Å².